The first-order chi connectivity index (χ1) is 16.4. The van der Waals surface area contributed by atoms with Gasteiger partial charge in [-0.3, -0.25) is 14.6 Å². The molecule has 1 amide bonds. The Morgan fingerprint density at radius 3 is 2.32 bits per heavy atom. The maximum atomic E-state index is 13.3. The maximum absolute atomic E-state index is 13.3. The van der Waals surface area contributed by atoms with Gasteiger partial charge in [-0.25, -0.2) is 9.18 Å². The molecule has 2 heterocycles. The van der Waals surface area contributed by atoms with Crippen LogP contribution in [-0.4, -0.2) is 61.5 Å². The Labute approximate surface area is 206 Å². The van der Waals surface area contributed by atoms with E-state index in [-0.39, 0.29) is 23.8 Å². The minimum Gasteiger partial charge on any atom is -0.465 e. The van der Waals surface area contributed by atoms with Crippen molar-refractivity contribution >= 4 is 39.8 Å². The van der Waals surface area contributed by atoms with Crippen molar-refractivity contribution in [2.75, 3.05) is 45.2 Å². The van der Waals surface area contributed by atoms with Gasteiger partial charge >= 0.3 is 5.97 Å². The Balaban J connectivity index is 1.35. The van der Waals surface area contributed by atoms with E-state index in [0.29, 0.717) is 16.1 Å². The van der Waals surface area contributed by atoms with Crippen molar-refractivity contribution in [3.8, 4) is 11.1 Å². The van der Waals surface area contributed by atoms with E-state index < -0.39 is 5.97 Å². The van der Waals surface area contributed by atoms with Crippen LogP contribution in [0.3, 0.4) is 0 Å². The number of anilines is 1. The van der Waals surface area contributed by atoms with Crippen LogP contribution in [0.2, 0.25) is 5.02 Å². The number of carbonyl (C=O) groups is 2. The Kier molecular flexibility index (Phi) is 7.95. The molecule has 0 saturated carbocycles. The number of nitrogens with zero attached hydrogens (tertiary/aromatic N) is 2. The fourth-order valence-corrected chi connectivity index (χ4v) is 5.02. The smallest absolute Gasteiger partial charge is 0.341 e. The van der Waals surface area contributed by atoms with E-state index in [0.717, 1.165) is 37.7 Å². The van der Waals surface area contributed by atoms with E-state index in [1.165, 1.54) is 36.1 Å². The SMILES string of the molecule is COC(=O)c1c(-c2ccc(F)cc2)csc1NC(=O)CN1CCN(Cc2ccc(Cl)cc2)CC1. The highest BCUT2D eigenvalue weighted by atomic mass is 35.5. The van der Waals surface area contributed by atoms with Crippen molar-refractivity contribution in [1.82, 2.24) is 9.80 Å². The van der Waals surface area contributed by atoms with Crippen LogP contribution in [0.15, 0.2) is 53.9 Å². The molecule has 3 aromatic rings. The molecule has 4 rings (SSSR count). The van der Waals surface area contributed by atoms with Gasteiger partial charge in [0.15, 0.2) is 0 Å². The number of halogens is 2. The number of piperazine rings is 1. The number of amides is 1. The molecule has 178 valence electrons. The number of esters is 1. The minimum atomic E-state index is -0.549. The number of benzene rings is 2. The second-order valence-corrected chi connectivity index (χ2v) is 9.40. The lowest BCUT2D eigenvalue weighted by atomic mass is 10.0. The molecule has 0 unspecified atom stereocenters. The quantitative estimate of drug-likeness (QED) is 0.473. The standard InChI is InChI=1S/C25H25ClFN3O3S/c1-33-25(32)23-21(18-4-8-20(27)9-5-18)16-34-24(23)28-22(31)15-30-12-10-29(11-13-30)14-17-2-6-19(26)7-3-17/h2-9,16H,10-15H2,1H3,(H,28,31). The number of carbonyl (C=O) groups excluding carboxylic acids is 2. The molecule has 2 aromatic carbocycles. The second kappa shape index (κ2) is 11.1. The van der Waals surface area contributed by atoms with Crippen molar-refractivity contribution in [2.45, 2.75) is 6.54 Å². The Hall–Kier alpha value is -2.78. The molecular weight excluding hydrogens is 477 g/mol. The molecule has 1 aromatic heterocycles. The molecule has 0 radical (unpaired) electrons. The van der Waals surface area contributed by atoms with Crippen LogP contribution in [0, 0.1) is 5.82 Å². The molecule has 9 heteroatoms. The molecule has 6 nitrogen and oxygen atoms in total. The lowest BCUT2D eigenvalue weighted by molar-refractivity contribution is -0.117. The van der Waals surface area contributed by atoms with E-state index in [9.17, 15) is 14.0 Å². The van der Waals surface area contributed by atoms with Gasteiger partial charge in [-0.15, -0.1) is 11.3 Å². The molecule has 1 saturated heterocycles. The third kappa shape index (κ3) is 6.01. The molecule has 1 aliphatic rings. The van der Waals surface area contributed by atoms with Crippen LogP contribution in [0.25, 0.3) is 11.1 Å². The van der Waals surface area contributed by atoms with E-state index >= 15 is 0 Å². The first-order valence-electron chi connectivity index (χ1n) is 10.9. The molecule has 0 aliphatic carbocycles. The number of nitrogens with one attached hydrogen (secondary N) is 1. The largest absolute Gasteiger partial charge is 0.465 e. The number of thiophene rings is 1. The minimum absolute atomic E-state index is 0.191. The average molecular weight is 502 g/mol. The van der Waals surface area contributed by atoms with Gasteiger partial charge in [-0.05, 0) is 35.4 Å². The van der Waals surface area contributed by atoms with Crippen molar-refractivity contribution in [1.29, 1.82) is 0 Å². The van der Waals surface area contributed by atoms with E-state index in [4.69, 9.17) is 16.3 Å². The highest BCUT2D eigenvalue weighted by Gasteiger charge is 2.24. The molecule has 0 bridgehead atoms. The van der Waals surface area contributed by atoms with E-state index in [2.05, 4.69) is 15.1 Å². The summed E-state index contributed by atoms with van der Waals surface area (Å²) in [6, 6.07) is 13.7. The summed E-state index contributed by atoms with van der Waals surface area (Å²) in [6.07, 6.45) is 0. The lowest BCUT2D eigenvalue weighted by Gasteiger charge is -2.34. The van der Waals surface area contributed by atoms with Crippen LogP contribution in [0.4, 0.5) is 9.39 Å². The predicted octanol–water partition coefficient (Wildman–Crippen LogP) is 4.75. The van der Waals surface area contributed by atoms with Crippen LogP contribution < -0.4 is 5.32 Å². The third-order valence-corrected chi connectivity index (χ3v) is 6.89. The Morgan fingerprint density at radius 2 is 1.68 bits per heavy atom. The molecule has 34 heavy (non-hydrogen) atoms. The van der Waals surface area contributed by atoms with Gasteiger partial charge < -0.3 is 10.1 Å². The van der Waals surface area contributed by atoms with Crippen LogP contribution in [0.5, 0.6) is 0 Å². The summed E-state index contributed by atoms with van der Waals surface area (Å²) in [7, 11) is 1.30. The zero-order valence-electron chi connectivity index (χ0n) is 18.7. The molecule has 0 spiro atoms. The fraction of sp³-hybridized carbons (Fsp3) is 0.280. The normalized spacial score (nSPS) is 14.7. The predicted molar refractivity (Wildman–Crippen MR) is 133 cm³/mol. The fourth-order valence-electron chi connectivity index (χ4n) is 3.92. The highest BCUT2D eigenvalue weighted by Crippen LogP contribution is 2.36. The van der Waals surface area contributed by atoms with Gasteiger partial charge in [0, 0.05) is 48.7 Å². The van der Waals surface area contributed by atoms with Crippen LogP contribution >= 0.6 is 22.9 Å². The first-order valence-corrected chi connectivity index (χ1v) is 12.1. The topological polar surface area (TPSA) is 61.9 Å². The summed E-state index contributed by atoms with van der Waals surface area (Å²) >= 11 is 7.21. The van der Waals surface area contributed by atoms with Crippen molar-refractivity contribution < 1.29 is 18.7 Å². The van der Waals surface area contributed by atoms with Gasteiger partial charge in [-0.1, -0.05) is 35.9 Å². The van der Waals surface area contributed by atoms with Crippen molar-refractivity contribution in [3.05, 3.63) is 75.9 Å². The van der Waals surface area contributed by atoms with Gasteiger partial charge in [0.25, 0.3) is 0 Å². The molecular formula is C25H25ClFN3O3S. The zero-order valence-corrected chi connectivity index (χ0v) is 20.3. The van der Waals surface area contributed by atoms with E-state index in [1.807, 2.05) is 24.3 Å². The summed E-state index contributed by atoms with van der Waals surface area (Å²) in [5.74, 6) is -1.10. The molecule has 1 aliphatic heterocycles. The number of ether oxygens (including phenoxy) is 1. The Bertz CT molecular complexity index is 1140. The maximum Gasteiger partial charge on any atom is 0.341 e. The van der Waals surface area contributed by atoms with Crippen molar-refractivity contribution in [2.24, 2.45) is 0 Å². The lowest BCUT2D eigenvalue weighted by Crippen LogP contribution is -2.48. The summed E-state index contributed by atoms with van der Waals surface area (Å²) in [5.41, 5.74) is 2.76. The van der Waals surface area contributed by atoms with E-state index in [1.54, 1.807) is 17.5 Å². The monoisotopic (exact) mass is 501 g/mol. The summed E-state index contributed by atoms with van der Waals surface area (Å²) in [6.45, 7) is 4.35. The number of rotatable bonds is 7. The van der Waals surface area contributed by atoms with Gasteiger partial charge in [0.05, 0.1) is 13.7 Å². The van der Waals surface area contributed by atoms with Crippen LogP contribution in [-0.2, 0) is 16.1 Å². The van der Waals surface area contributed by atoms with Gasteiger partial charge in [0.2, 0.25) is 5.91 Å². The molecule has 0 atom stereocenters. The summed E-state index contributed by atoms with van der Waals surface area (Å²) in [4.78, 5) is 29.7. The van der Waals surface area contributed by atoms with Crippen LogP contribution in [0.1, 0.15) is 15.9 Å². The number of hydrogen-bond donors (Lipinski definition) is 1. The third-order valence-electron chi connectivity index (χ3n) is 5.74. The molecule has 1 fully saturated rings. The zero-order chi connectivity index (χ0) is 24.1. The van der Waals surface area contributed by atoms with Gasteiger partial charge in [-0.2, -0.15) is 0 Å². The number of methoxy groups -OCH3 is 1. The number of hydrogen-bond acceptors (Lipinski definition) is 6. The average Bonchev–Trinajstić information content (AvgIpc) is 3.25. The second-order valence-electron chi connectivity index (χ2n) is 8.08. The van der Waals surface area contributed by atoms with Crippen molar-refractivity contribution in [3.63, 3.8) is 0 Å². The summed E-state index contributed by atoms with van der Waals surface area (Å²) in [5, 5.41) is 5.79. The first kappa shape index (κ1) is 24.3. The molecule has 1 N–H and O–H groups in total. The van der Waals surface area contributed by atoms with Gasteiger partial charge in [0.1, 0.15) is 16.4 Å². The summed E-state index contributed by atoms with van der Waals surface area (Å²) < 4.78 is 18.3. The highest BCUT2D eigenvalue weighted by molar-refractivity contribution is 7.15. The Morgan fingerprint density at radius 1 is 1.03 bits per heavy atom.